The molecule has 0 radical (unpaired) electrons. The first kappa shape index (κ1) is 14.0. The molecule has 1 heterocycles. The normalized spacial score (nSPS) is 23.9. The van der Waals surface area contributed by atoms with Gasteiger partial charge in [0.15, 0.2) is 0 Å². The number of methoxy groups -OCH3 is 1. The van der Waals surface area contributed by atoms with E-state index in [0.29, 0.717) is 5.92 Å². The molecule has 3 nitrogen and oxygen atoms in total. The molecule has 0 unspecified atom stereocenters. The Bertz CT molecular complexity index is 504. The smallest absolute Gasteiger partial charge is 0.494 e. The van der Waals surface area contributed by atoms with Crippen molar-refractivity contribution in [1.29, 1.82) is 0 Å². The summed E-state index contributed by atoms with van der Waals surface area (Å²) in [6.07, 6.45) is 2.55. The van der Waals surface area contributed by atoms with E-state index in [-0.39, 0.29) is 18.3 Å². The van der Waals surface area contributed by atoms with Gasteiger partial charge in [0.25, 0.3) is 0 Å². The van der Waals surface area contributed by atoms with Gasteiger partial charge in [-0.25, -0.2) is 0 Å². The van der Waals surface area contributed by atoms with Crippen LogP contribution in [0.2, 0.25) is 0 Å². The fraction of sp³-hybridized carbons (Fsp3) is 0.625. The van der Waals surface area contributed by atoms with Gasteiger partial charge in [0.2, 0.25) is 0 Å². The van der Waals surface area contributed by atoms with E-state index >= 15 is 0 Å². The van der Waals surface area contributed by atoms with Crippen molar-refractivity contribution in [3.8, 4) is 5.75 Å². The largest absolute Gasteiger partial charge is 0.497 e. The topological polar surface area (TPSA) is 27.7 Å². The average Bonchev–Trinajstić information content (AvgIpc) is 3.17. The predicted octanol–water partition coefficient (Wildman–Crippen LogP) is 2.87. The van der Waals surface area contributed by atoms with E-state index in [1.807, 2.05) is 6.07 Å². The molecule has 0 spiro atoms. The van der Waals surface area contributed by atoms with Gasteiger partial charge in [0.05, 0.1) is 18.3 Å². The van der Waals surface area contributed by atoms with E-state index in [1.165, 1.54) is 18.4 Å². The van der Waals surface area contributed by atoms with Crippen LogP contribution >= 0.6 is 0 Å². The molecule has 2 aliphatic rings. The lowest BCUT2D eigenvalue weighted by molar-refractivity contribution is 0.00578. The van der Waals surface area contributed by atoms with E-state index < -0.39 is 0 Å². The third-order valence-electron chi connectivity index (χ3n) is 4.76. The molecule has 0 aromatic heterocycles. The lowest BCUT2D eigenvalue weighted by Crippen LogP contribution is -2.41. The van der Waals surface area contributed by atoms with Crippen LogP contribution in [0, 0.1) is 0 Å². The van der Waals surface area contributed by atoms with Crippen LogP contribution in [0.3, 0.4) is 0 Å². The van der Waals surface area contributed by atoms with Crippen molar-refractivity contribution in [2.75, 3.05) is 7.11 Å². The standard InChI is InChI=1S/C16H23BO3/c1-15(2)16(3,4)20-17(19-15)13-8-12(11-6-7-11)9-14(10-13)18-5/h8-11H,6-7H2,1-5H3. The second-order valence-corrected chi connectivity index (χ2v) is 6.90. The lowest BCUT2D eigenvalue weighted by Gasteiger charge is -2.32. The molecule has 4 heteroatoms. The third kappa shape index (κ3) is 2.36. The van der Waals surface area contributed by atoms with Gasteiger partial charge >= 0.3 is 7.12 Å². The molecule has 108 valence electrons. The van der Waals surface area contributed by atoms with Crippen LogP contribution in [0.1, 0.15) is 52.0 Å². The van der Waals surface area contributed by atoms with Gasteiger partial charge in [-0.1, -0.05) is 6.07 Å². The van der Waals surface area contributed by atoms with E-state index in [2.05, 4.69) is 39.8 Å². The zero-order chi connectivity index (χ0) is 14.5. The van der Waals surface area contributed by atoms with E-state index in [4.69, 9.17) is 14.0 Å². The van der Waals surface area contributed by atoms with Gasteiger partial charge in [-0.05, 0) is 69.6 Å². The van der Waals surface area contributed by atoms with Crippen LogP contribution < -0.4 is 10.2 Å². The first-order valence-corrected chi connectivity index (χ1v) is 7.37. The quantitative estimate of drug-likeness (QED) is 0.793. The molecule has 0 bridgehead atoms. The van der Waals surface area contributed by atoms with Crippen molar-refractivity contribution in [3.63, 3.8) is 0 Å². The summed E-state index contributed by atoms with van der Waals surface area (Å²) >= 11 is 0. The van der Waals surface area contributed by atoms with Gasteiger partial charge in [0.1, 0.15) is 5.75 Å². The summed E-state index contributed by atoms with van der Waals surface area (Å²) < 4.78 is 17.7. The summed E-state index contributed by atoms with van der Waals surface area (Å²) in [6.45, 7) is 8.31. The fourth-order valence-corrected chi connectivity index (χ4v) is 2.53. The van der Waals surface area contributed by atoms with Crippen molar-refractivity contribution in [2.45, 2.75) is 57.7 Å². The molecular weight excluding hydrogens is 251 g/mol. The average molecular weight is 274 g/mol. The van der Waals surface area contributed by atoms with Gasteiger partial charge in [-0.15, -0.1) is 0 Å². The Labute approximate surface area is 121 Å². The highest BCUT2D eigenvalue weighted by Crippen LogP contribution is 2.41. The number of rotatable bonds is 3. The molecular formula is C16H23BO3. The molecule has 1 saturated carbocycles. The monoisotopic (exact) mass is 274 g/mol. The van der Waals surface area contributed by atoms with Crippen molar-refractivity contribution in [3.05, 3.63) is 23.8 Å². The van der Waals surface area contributed by atoms with Crippen molar-refractivity contribution < 1.29 is 14.0 Å². The van der Waals surface area contributed by atoms with Gasteiger partial charge in [-0.2, -0.15) is 0 Å². The second-order valence-electron chi connectivity index (χ2n) is 6.90. The van der Waals surface area contributed by atoms with Crippen LogP contribution in [0.4, 0.5) is 0 Å². The van der Waals surface area contributed by atoms with Gasteiger partial charge < -0.3 is 14.0 Å². The Kier molecular flexibility index (Phi) is 3.14. The lowest BCUT2D eigenvalue weighted by atomic mass is 9.78. The van der Waals surface area contributed by atoms with E-state index in [1.54, 1.807) is 7.11 Å². The van der Waals surface area contributed by atoms with Crippen LogP contribution in [0.25, 0.3) is 0 Å². The molecule has 3 rings (SSSR count). The molecule has 1 aliphatic heterocycles. The van der Waals surface area contributed by atoms with Crippen molar-refractivity contribution in [2.24, 2.45) is 0 Å². The number of hydrogen-bond donors (Lipinski definition) is 0. The summed E-state index contributed by atoms with van der Waals surface area (Å²) in [6, 6.07) is 6.36. The Balaban J connectivity index is 1.92. The maximum Gasteiger partial charge on any atom is 0.494 e. The van der Waals surface area contributed by atoms with Crippen molar-refractivity contribution >= 4 is 12.6 Å². The molecule has 0 amide bonds. The minimum absolute atomic E-state index is 0.305. The van der Waals surface area contributed by atoms with Crippen LogP contribution in [-0.4, -0.2) is 25.4 Å². The van der Waals surface area contributed by atoms with Crippen LogP contribution in [0.15, 0.2) is 18.2 Å². The minimum Gasteiger partial charge on any atom is -0.497 e. The number of ether oxygens (including phenoxy) is 1. The van der Waals surface area contributed by atoms with Gasteiger partial charge in [0, 0.05) is 0 Å². The first-order chi connectivity index (χ1) is 9.32. The Morgan fingerprint density at radius 2 is 1.65 bits per heavy atom. The second kappa shape index (κ2) is 4.50. The fourth-order valence-electron chi connectivity index (χ4n) is 2.53. The Hall–Kier alpha value is -0.995. The minimum atomic E-state index is -0.312. The highest BCUT2D eigenvalue weighted by atomic mass is 16.7. The first-order valence-electron chi connectivity index (χ1n) is 7.37. The zero-order valence-corrected chi connectivity index (χ0v) is 13.0. The predicted molar refractivity (Wildman–Crippen MR) is 80.7 cm³/mol. The number of hydrogen-bond acceptors (Lipinski definition) is 3. The highest BCUT2D eigenvalue weighted by Gasteiger charge is 2.51. The molecule has 0 N–H and O–H groups in total. The summed E-state index contributed by atoms with van der Waals surface area (Å²) in [5.41, 5.74) is 1.79. The number of benzene rings is 1. The third-order valence-corrected chi connectivity index (χ3v) is 4.76. The molecule has 0 atom stereocenters. The Morgan fingerprint density at radius 1 is 1.05 bits per heavy atom. The van der Waals surface area contributed by atoms with Gasteiger partial charge in [-0.3, -0.25) is 0 Å². The van der Waals surface area contributed by atoms with E-state index in [0.717, 1.165) is 11.2 Å². The Morgan fingerprint density at radius 3 is 2.15 bits per heavy atom. The SMILES string of the molecule is COc1cc(B2OC(C)(C)C(C)(C)O2)cc(C2CC2)c1. The molecule has 1 aromatic rings. The van der Waals surface area contributed by atoms with Crippen LogP contribution in [0.5, 0.6) is 5.75 Å². The maximum atomic E-state index is 6.13. The molecule has 2 fully saturated rings. The highest BCUT2D eigenvalue weighted by molar-refractivity contribution is 6.62. The molecule has 1 aliphatic carbocycles. The van der Waals surface area contributed by atoms with Crippen LogP contribution in [-0.2, 0) is 9.31 Å². The zero-order valence-electron chi connectivity index (χ0n) is 13.0. The summed E-state index contributed by atoms with van der Waals surface area (Å²) in [4.78, 5) is 0. The van der Waals surface area contributed by atoms with E-state index in [9.17, 15) is 0 Å². The molecule has 1 aromatic carbocycles. The summed E-state index contributed by atoms with van der Waals surface area (Å²) in [5, 5.41) is 0. The summed E-state index contributed by atoms with van der Waals surface area (Å²) in [7, 11) is 1.40. The summed E-state index contributed by atoms with van der Waals surface area (Å²) in [5.74, 6) is 1.57. The maximum absolute atomic E-state index is 6.13. The molecule has 20 heavy (non-hydrogen) atoms. The molecule has 1 saturated heterocycles. The van der Waals surface area contributed by atoms with Crippen molar-refractivity contribution in [1.82, 2.24) is 0 Å².